The van der Waals surface area contributed by atoms with E-state index >= 15 is 0 Å². The first-order valence-corrected chi connectivity index (χ1v) is 2.49. The minimum atomic E-state index is -1.42. The van der Waals surface area contributed by atoms with Crippen LogP contribution in [0.5, 0.6) is 0 Å². The van der Waals surface area contributed by atoms with Crippen LogP contribution in [0.4, 0.5) is 0 Å². The van der Waals surface area contributed by atoms with E-state index in [0.717, 1.165) is 6.42 Å². The summed E-state index contributed by atoms with van der Waals surface area (Å²) in [5, 5.41) is 16.8. The summed E-state index contributed by atoms with van der Waals surface area (Å²) in [7, 11) is -1.42. The molecule has 0 bridgehead atoms. The predicted molar refractivity (Wildman–Crippen MR) is 28.8 cm³/mol. The van der Waals surface area contributed by atoms with Crippen molar-refractivity contribution < 1.29 is 14.8 Å². The molecule has 0 aromatic heterocycles. The maximum absolute atomic E-state index is 8.41. The van der Waals surface area contributed by atoms with Crippen molar-refractivity contribution in [2.75, 3.05) is 6.61 Å². The van der Waals surface area contributed by atoms with Crippen LogP contribution in [0.15, 0.2) is 11.7 Å². The average Bonchev–Trinajstić information content (AvgIpc) is 2.12. The van der Waals surface area contributed by atoms with E-state index in [1.165, 1.54) is 0 Å². The fourth-order valence-electron chi connectivity index (χ4n) is 0.617. The van der Waals surface area contributed by atoms with Gasteiger partial charge < -0.3 is 14.8 Å². The summed E-state index contributed by atoms with van der Waals surface area (Å²) in [5.41, 5.74) is 0.282. The van der Waals surface area contributed by atoms with Gasteiger partial charge in [0.15, 0.2) is 0 Å². The Morgan fingerprint density at radius 1 is 1.62 bits per heavy atom. The first-order chi connectivity index (χ1) is 3.80. The average molecular weight is 114 g/mol. The molecule has 1 heterocycles. The first-order valence-electron chi connectivity index (χ1n) is 2.49. The molecule has 0 radical (unpaired) electrons. The van der Waals surface area contributed by atoms with Crippen LogP contribution in [-0.2, 0) is 4.74 Å². The quantitative estimate of drug-likeness (QED) is 0.443. The molecular formula is C4H7BO3. The molecule has 0 spiro atoms. The molecule has 1 aliphatic rings. The molecule has 0 saturated carbocycles. The van der Waals surface area contributed by atoms with Gasteiger partial charge in [0.1, 0.15) is 5.66 Å². The molecule has 0 aromatic rings. The predicted octanol–water partition coefficient (Wildman–Crippen LogP) is -0.697. The van der Waals surface area contributed by atoms with Crippen molar-refractivity contribution in [3.05, 3.63) is 11.7 Å². The molecule has 0 fully saturated rings. The lowest BCUT2D eigenvalue weighted by molar-refractivity contribution is 0.243. The van der Waals surface area contributed by atoms with Crippen LogP contribution in [0.3, 0.4) is 0 Å². The molecule has 3 nitrogen and oxygen atoms in total. The summed E-state index contributed by atoms with van der Waals surface area (Å²) < 4.78 is 4.78. The van der Waals surface area contributed by atoms with E-state index in [1.807, 2.05) is 0 Å². The molecule has 8 heavy (non-hydrogen) atoms. The zero-order valence-electron chi connectivity index (χ0n) is 4.37. The molecule has 0 amide bonds. The molecule has 44 valence electrons. The van der Waals surface area contributed by atoms with Crippen molar-refractivity contribution in [1.29, 1.82) is 0 Å². The highest BCUT2D eigenvalue weighted by Crippen LogP contribution is 2.08. The topological polar surface area (TPSA) is 49.7 Å². The number of ether oxygens (including phenoxy) is 1. The van der Waals surface area contributed by atoms with E-state index in [-0.39, 0.29) is 5.66 Å². The second-order valence-electron chi connectivity index (χ2n) is 1.62. The Hall–Kier alpha value is -0.475. The second-order valence-corrected chi connectivity index (χ2v) is 1.62. The third kappa shape index (κ3) is 1.02. The second kappa shape index (κ2) is 2.20. The summed E-state index contributed by atoms with van der Waals surface area (Å²) >= 11 is 0. The SMILES string of the molecule is OB(O)C1=CCCO1. The van der Waals surface area contributed by atoms with Crippen LogP contribution >= 0.6 is 0 Å². The van der Waals surface area contributed by atoms with Crippen molar-refractivity contribution >= 4 is 7.12 Å². The molecule has 4 heteroatoms. The molecule has 0 aromatic carbocycles. The van der Waals surface area contributed by atoms with Crippen LogP contribution in [-0.4, -0.2) is 23.8 Å². The Balaban J connectivity index is 2.45. The van der Waals surface area contributed by atoms with Crippen LogP contribution < -0.4 is 0 Å². The Morgan fingerprint density at radius 2 is 2.38 bits per heavy atom. The highest BCUT2D eigenvalue weighted by Gasteiger charge is 2.18. The lowest BCUT2D eigenvalue weighted by Gasteiger charge is -1.98. The molecule has 2 N–H and O–H groups in total. The van der Waals surface area contributed by atoms with Crippen molar-refractivity contribution in [2.24, 2.45) is 0 Å². The van der Waals surface area contributed by atoms with Gasteiger partial charge in [-0.25, -0.2) is 0 Å². The summed E-state index contributed by atoms with van der Waals surface area (Å²) in [6.45, 7) is 0.576. The van der Waals surface area contributed by atoms with Gasteiger partial charge in [0.25, 0.3) is 0 Å². The van der Waals surface area contributed by atoms with Crippen LogP contribution in [0, 0.1) is 0 Å². The standard InChI is InChI=1S/C4H7BO3/c6-5(7)4-2-1-3-8-4/h2,6-7H,1,3H2. The maximum atomic E-state index is 8.41. The third-order valence-electron chi connectivity index (χ3n) is 0.987. The van der Waals surface area contributed by atoms with E-state index in [9.17, 15) is 0 Å². The highest BCUT2D eigenvalue weighted by atomic mass is 16.5. The molecule has 0 atom stereocenters. The van der Waals surface area contributed by atoms with E-state index in [1.54, 1.807) is 6.08 Å². The van der Waals surface area contributed by atoms with Gasteiger partial charge in [-0.15, -0.1) is 0 Å². The monoisotopic (exact) mass is 114 g/mol. The Kier molecular flexibility index (Phi) is 1.55. The fraction of sp³-hybridized carbons (Fsp3) is 0.500. The summed E-state index contributed by atoms with van der Waals surface area (Å²) in [6.07, 6.45) is 2.46. The van der Waals surface area contributed by atoms with Gasteiger partial charge in [-0.1, -0.05) is 0 Å². The van der Waals surface area contributed by atoms with Crippen molar-refractivity contribution in [2.45, 2.75) is 6.42 Å². The van der Waals surface area contributed by atoms with Crippen molar-refractivity contribution in [3.63, 3.8) is 0 Å². The zero-order valence-corrected chi connectivity index (χ0v) is 4.37. The zero-order chi connectivity index (χ0) is 5.98. The highest BCUT2D eigenvalue weighted by molar-refractivity contribution is 6.49. The smallest absolute Gasteiger partial charge is 0.502 e. The first kappa shape index (κ1) is 5.66. The van der Waals surface area contributed by atoms with Crippen LogP contribution in [0.1, 0.15) is 6.42 Å². The van der Waals surface area contributed by atoms with Gasteiger partial charge >= 0.3 is 7.12 Å². The Morgan fingerprint density at radius 3 is 2.62 bits per heavy atom. The number of hydrogen-bond donors (Lipinski definition) is 2. The van der Waals surface area contributed by atoms with Gasteiger partial charge in [-0.3, -0.25) is 0 Å². The maximum Gasteiger partial charge on any atom is 0.525 e. The van der Waals surface area contributed by atoms with Gasteiger partial charge in [-0.2, -0.15) is 0 Å². The Bertz CT molecular complexity index is 110. The van der Waals surface area contributed by atoms with Gasteiger partial charge in [0.2, 0.25) is 0 Å². The van der Waals surface area contributed by atoms with Crippen molar-refractivity contribution in [3.8, 4) is 0 Å². The lowest BCUT2D eigenvalue weighted by Crippen LogP contribution is -2.15. The fourth-order valence-corrected chi connectivity index (χ4v) is 0.617. The largest absolute Gasteiger partial charge is 0.525 e. The summed E-state index contributed by atoms with van der Waals surface area (Å²) in [4.78, 5) is 0. The molecule has 0 saturated heterocycles. The third-order valence-corrected chi connectivity index (χ3v) is 0.987. The Labute approximate surface area is 47.7 Å². The van der Waals surface area contributed by atoms with Gasteiger partial charge in [0, 0.05) is 6.42 Å². The normalized spacial score (nSPS) is 17.5. The number of hydrogen-bond acceptors (Lipinski definition) is 3. The molecular weight excluding hydrogens is 107 g/mol. The van der Waals surface area contributed by atoms with E-state index in [0.29, 0.717) is 6.61 Å². The molecule has 0 unspecified atom stereocenters. The van der Waals surface area contributed by atoms with Crippen LogP contribution in [0.25, 0.3) is 0 Å². The van der Waals surface area contributed by atoms with Gasteiger partial charge in [-0.05, 0) is 6.08 Å². The van der Waals surface area contributed by atoms with E-state index in [2.05, 4.69) is 0 Å². The van der Waals surface area contributed by atoms with E-state index in [4.69, 9.17) is 14.8 Å². The minimum absolute atomic E-state index is 0.282. The molecule has 1 rings (SSSR count). The molecule has 0 aliphatic carbocycles. The minimum Gasteiger partial charge on any atom is -0.502 e. The summed E-state index contributed by atoms with van der Waals surface area (Å²) in [6, 6.07) is 0. The molecule has 1 aliphatic heterocycles. The van der Waals surface area contributed by atoms with E-state index < -0.39 is 7.12 Å². The number of rotatable bonds is 1. The van der Waals surface area contributed by atoms with Crippen LogP contribution in [0.2, 0.25) is 0 Å². The van der Waals surface area contributed by atoms with Gasteiger partial charge in [0.05, 0.1) is 6.61 Å². The van der Waals surface area contributed by atoms with Crippen molar-refractivity contribution in [1.82, 2.24) is 0 Å². The lowest BCUT2D eigenvalue weighted by atomic mass is 9.88. The summed E-state index contributed by atoms with van der Waals surface area (Å²) in [5.74, 6) is 0.